The van der Waals surface area contributed by atoms with E-state index in [2.05, 4.69) is 0 Å². The first-order valence-electron chi connectivity index (χ1n) is 4.07. The zero-order valence-corrected chi connectivity index (χ0v) is 8.69. The van der Waals surface area contributed by atoms with E-state index in [0.29, 0.717) is 0 Å². The molecule has 0 atom stereocenters. The number of hydrogen-bond acceptors (Lipinski definition) is 2. The Balaban J connectivity index is 2.93. The van der Waals surface area contributed by atoms with Crippen LogP contribution in [-0.4, -0.2) is 13.9 Å². The van der Waals surface area contributed by atoms with Crippen molar-refractivity contribution in [2.45, 2.75) is 18.2 Å². The Bertz CT molecular complexity index is 431. The second-order valence-electron chi connectivity index (χ2n) is 3.19. The highest BCUT2D eigenvalue weighted by Gasteiger charge is 2.45. The number of alkyl halides is 3. The summed E-state index contributed by atoms with van der Waals surface area (Å²) in [6.07, 6.45) is 0. The molecular formula is C9H9F3O2S. The number of rotatable bonds is 2. The molecule has 15 heavy (non-hydrogen) atoms. The molecule has 0 heterocycles. The van der Waals surface area contributed by atoms with Gasteiger partial charge in [-0.25, -0.2) is 8.42 Å². The molecule has 1 rings (SSSR count). The summed E-state index contributed by atoms with van der Waals surface area (Å²) >= 11 is 0. The zero-order valence-electron chi connectivity index (χ0n) is 7.88. The maximum Gasteiger partial charge on any atom is 0.497 e. The summed E-state index contributed by atoms with van der Waals surface area (Å²) in [5.74, 6) is -1.00. The second-order valence-corrected chi connectivity index (χ2v) is 5.17. The van der Waals surface area contributed by atoms with Crippen molar-refractivity contribution >= 4 is 9.84 Å². The molecule has 0 saturated carbocycles. The van der Waals surface area contributed by atoms with Crippen molar-refractivity contribution in [1.29, 1.82) is 0 Å². The van der Waals surface area contributed by atoms with Crippen LogP contribution in [0.5, 0.6) is 0 Å². The van der Waals surface area contributed by atoms with Gasteiger partial charge in [-0.2, -0.15) is 13.2 Å². The van der Waals surface area contributed by atoms with Gasteiger partial charge in [0.05, 0.1) is 5.75 Å². The lowest BCUT2D eigenvalue weighted by molar-refractivity contribution is -0.0437. The van der Waals surface area contributed by atoms with Crippen molar-refractivity contribution in [1.82, 2.24) is 0 Å². The minimum absolute atomic E-state index is 0.137. The molecule has 0 fully saturated rings. The monoisotopic (exact) mass is 238 g/mol. The average molecular weight is 238 g/mol. The molecular weight excluding hydrogens is 229 g/mol. The minimum Gasteiger partial charge on any atom is -0.219 e. The van der Waals surface area contributed by atoms with Crippen molar-refractivity contribution in [2.24, 2.45) is 0 Å². The summed E-state index contributed by atoms with van der Waals surface area (Å²) in [5, 5.41) is 0. The first-order chi connectivity index (χ1) is 6.72. The largest absolute Gasteiger partial charge is 0.497 e. The Morgan fingerprint density at radius 3 is 2.00 bits per heavy atom. The van der Waals surface area contributed by atoms with Crippen LogP contribution < -0.4 is 0 Å². The molecule has 0 amide bonds. The van der Waals surface area contributed by atoms with E-state index in [1.807, 2.05) is 0 Å². The lowest BCUT2D eigenvalue weighted by Crippen LogP contribution is -2.24. The molecule has 0 spiro atoms. The van der Waals surface area contributed by atoms with Crippen LogP contribution in [0.1, 0.15) is 11.1 Å². The van der Waals surface area contributed by atoms with Gasteiger partial charge in [-0.1, -0.05) is 29.8 Å². The minimum atomic E-state index is -5.18. The van der Waals surface area contributed by atoms with Gasteiger partial charge in [0.2, 0.25) is 0 Å². The highest BCUT2D eigenvalue weighted by Crippen LogP contribution is 2.26. The van der Waals surface area contributed by atoms with Gasteiger partial charge in [0, 0.05) is 0 Å². The third kappa shape index (κ3) is 2.95. The molecule has 1 aromatic rings. The standard InChI is InChI=1S/C9H9F3O2S/c1-7-2-4-8(5-3-7)6-15(13,14)9(10,11)12/h2-5H,6H2,1H3. The van der Waals surface area contributed by atoms with Crippen molar-refractivity contribution in [3.05, 3.63) is 35.4 Å². The molecule has 0 bridgehead atoms. The quantitative estimate of drug-likeness (QED) is 0.793. The summed E-state index contributed by atoms with van der Waals surface area (Å²) in [6, 6.07) is 5.89. The molecule has 0 radical (unpaired) electrons. The molecule has 0 N–H and O–H groups in total. The molecule has 0 aliphatic carbocycles. The molecule has 6 heteroatoms. The highest BCUT2D eigenvalue weighted by atomic mass is 32.2. The zero-order chi connectivity index (χ0) is 11.7. The van der Waals surface area contributed by atoms with E-state index in [1.165, 1.54) is 12.1 Å². The van der Waals surface area contributed by atoms with E-state index in [-0.39, 0.29) is 5.56 Å². The van der Waals surface area contributed by atoms with Crippen LogP contribution in [0.15, 0.2) is 24.3 Å². The van der Waals surface area contributed by atoms with Crippen LogP contribution in [0.25, 0.3) is 0 Å². The third-order valence-electron chi connectivity index (χ3n) is 1.83. The summed E-state index contributed by atoms with van der Waals surface area (Å²) < 4.78 is 57.6. The molecule has 0 saturated heterocycles. The molecule has 2 nitrogen and oxygen atoms in total. The van der Waals surface area contributed by atoms with Crippen LogP contribution >= 0.6 is 0 Å². The SMILES string of the molecule is Cc1ccc(CS(=O)(=O)C(F)(F)F)cc1. The van der Waals surface area contributed by atoms with E-state index < -0.39 is 21.1 Å². The molecule has 0 aliphatic heterocycles. The van der Waals surface area contributed by atoms with Crippen LogP contribution in [0.3, 0.4) is 0 Å². The van der Waals surface area contributed by atoms with E-state index in [1.54, 1.807) is 19.1 Å². The van der Waals surface area contributed by atoms with E-state index in [4.69, 9.17) is 0 Å². The van der Waals surface area contributed by atoms with E-state index >= 15 is 0 Å². The summed E-state index contributed by atoms with van der Waals surface area (Å²) in [6.45, 7) is 1.77. The highest BCUT2D eigenvalue weighted by molar-refractivity contribution is 7.91. The topological polar surface area (TPSA) is 34.1 Å². The first kappa shape index (κ1) is 12.0. The summed E-state index contributed by atoms with van der Waals surface area (Å²) in [7, 11) is -5.06. The lowest BCUT2D eigenvalue weighted by Gasteiger charge is -2.07. The molecule has 0 unspecified atom stereocenters. The Morgan fingerprint density at radius 2 is 1.60 bits per heavy atom. The molecule has 84 valence electrons. The summed E-state index contributed by atoms with van der Waals surface area (Å²) in [5.41, 5.74) is -4.18. The van der Waals surface area contributed by atoms with Gasteiger partial charge in [-0.15, -0.1) is 0 Å². The summed E-state index contributed by atoms with van der Waals surface area (Å²) in [4.78, 5) is 0. The van der Waals surface area contributed by atoms with E-state index in [9.17, 15) is 21.6 Å². The van der Waals surface area contributed by atoms with Gasteiger partial charge in [0.25, 0.3) is 9.84 Å². The Kier molecular flexibility index (Phi) is 3.08. The van der Waals surface area contributed by atoms with Gasteiger partial charge >= 0.3 is 5.51 Å². The predicted molar refractivity (Wildman–Crippen MR) is 49.9 cm³/mol. The van der Waals surface area contributed by atoms with Crippen LogP contribution in [-0.2, 0) is 15.6 Å². The maximum atomic E-state index is 12.0. The Morgan fingerprint density at radius 1 is 1.13 bits per heavy atom. The maximum absolute atomic E-state index is 12.0. The van der Waals surface area contributed by atoms with Crippen LogP contribution in [0.2, 0.25) is 0 Å². The number of aryl methyl sites for hydroxylation is 1. The first-order valence-corrected chi connectivity index (χ1v) is 5.72. The number of benzene rings is 1. The fourth-order valence-corrected chi connectivity index (χ4v) is 1.78. The predicted octanol–water partition coefficient (Wildman–Crippen LogP) is 2.43. The van der Waals surface area contributed by atoms with Gasteiger partial charge in [0.1, 0.15) is 0 Å². The van der Waals surface area contributed by atoms with Crippen molar-refractivity contribution in [3.8, 4) is 0 Å². The number of halogens is 3. The van der Waals surface area contributed by atoms with Gasteiger partial charge in [-0.3, -0.25) is 0 Å². The second kappa shape index (κ2) is 3.84. The van der Waals surface area contributed by atoms with Crippen molar-refractivity contribution in [3.63, 3.8) is 0 Å². The van der Waals surface area contributed by atoms with Crippen molar-refractivity contribution < 1.29 is 21.6 Å². The third-order valence-corrected chi connectivity index (χ3v) is 3.25. The number of hydrogen-bond donors (Lipinski definition) is 0. The van der Waals surface area contributed by atoms with Gasteiger partial charge < -0.3 is 0 Å². The van der Waals surface area contributed by atoms with E-state index in [0.717, 1.165) is 5.56 Å². The van der Waals surface area contributed by atoms with Crippen molar-refractivity contribution in [2.75, 3.05) is 0 Å². The van der Waals surface area contributed by atoms with Gasteiger partial charge in [0.15, 0.2) is 0 Å². The van der Waals surface area contributed by atoms with Crippen LogP contribution in [0.4, 0.5) is 13.2 Å². The molecule has 0 aromatic heterocycles. The number of sulfone groups is 1. The Labute approximate surface area is 85.6 Å². The van der Waals surface area contributed by atoms with Crippen LogP contribution in [0, 0.1) is 6.92 Å². The molecule has 0 aliphatic rings. The lowest BCUT2D eigenvalue weighted by atomic mass is 10.2. The average Bonchev–Trinajstić information content (AvgIpc) is 2.06. The van der Waals surface area contributed by atoms with Gasteiger partial charge in [-0.05, 0) is 12.5 Å². The fourth-order valence-electron chi connectivity index (χ4n) is 0.986. The molecule has 1 aromatic carbocycles. The smallest absolute Gasteiger partial charge is 0.219 e. The Hall–Kier alpha value is -1.04. The fraction of sp³-hybridized carbons (Fsp3) is 0.333. The normalized spacial score (nSPS) is 12.8.